The van der Waals surface area contributed by atoms with Crippen molar-refractivity contribution in [1.29, 1.82) is 0 Å². The smallest absolute Gasteiger partial charge is 0.196 e. The van der Waals surface area contributed by atoms with Crippen molar-refractivity contribution in [3.05, 3.63) is 11.1 Å². The van der Waals surface area contributed by atoms with E-state index in [-0.39, 0.29) is 11.7 Å². The number of hydrogen-bond donors (Lipinski definition) is 0. The minimum atomic E-state index is -0.0885. The van der Waals surface area contributed by atoms with Crippen molar-refractivity contribution in [1.82, 2.24) is 4.98 Å². The second-order valence-electron chi connectivity index (χ2n) is 4.72. The molecule has 1 aromatic rings. The zero-order valence-corrected chi connectivity index (χ0v) is 11.7. The molecular formula is C12H17ClN2OS. The molecule has 0 bridgehead atoms. The van der Waals surface area contributed by atoms with Crippen molar-refractivity contribution >= 4 is 33.9 Å². The third kappa shape index (κ3) is 2.63. The average Bonchev–Trinajstić information content (AvgIpc) is 2.95. The van der Waals surface area contributed by atoms with Gasteiger partial charge in [0.2, 0.25) is 0 Å². The molecule has 1 aliphatic heterocycles. The summed E-state index contributed by atoms with van der Waals surface area (Å²) in [5.74, 6) is 0.541. The predicted molar refractivity (Wildman–Crippen MR) is 72.4 cm³/mol. The number of anilines is 1. The first-order chi connectivity index (χ1) is 8.13. The van der Waals surface area contributed by atoms with Crippen LogP contribution in [0.4, 0.5) is 5.13 Å². The first-order valence-corrected chi connectivity index (χ1v) is 7.36. The summed E-state index contributed by atoms with van der Waals surface area (Å²) in [5, 5.41) is 2.78. The summed E-state index contributed by atoms with van der Waals surface area (Å²) in [6.45, 7) is 5.52. The number of Topliss-reactive ketones (excluding diaryl/α,β-unsaturated/α-hetero) is 1. The minimum absolute atomic E-state index is 0.0107. The van der Waals surface area contributed by atoms with E-state index >= 15 is 0 Å². The van der Waals surface area contributed by atoms with Gasteiger partial charge in [0, 0.05) is 18.0 Å². The summed E-state index contributed by atoms with van der Waals surface area (Å²) < 4.78 is 0. The molecular weight excluding hydrogens is 256 g/mol. The zero-order valence-electron chi connectivity index (χ0n) is 10.1. The van der Waals surface area contributed by atoms with E-state index in [1.54, 1.807) is 11.3 Å². The van der Waals surface area contributed by atoms with Crippen LogP contribution in [0.1, 0.15) is 37.2 Å². The Hall–Kier alpha value is -0.610. The minimum Gasteiger partial charge on any atom is -0.345 e. The molecule has 94 valence electrons. The maximum absolute atomic E-state index is 11.5. The highest BCUT2D eigenvalue weighted by Gasteiger charge is 2.29. The topological polar surface area (TPSA) is 33.2 Å². The van der Waals surface area contributed by atoms with Gasteiger partial charge in [-0.05, 0) is 18.8 Å². The number of aromatic nitrogens is 1. The second kappa shape index (κ2) is 5.36. The van der Waals surface area contributed by atoms with E-state index in [1.807, 2.05) is 5.38 Å². The number of thiazole rings is 1. The molecule has 3 nitrogen and oxygen atoms in total. The van der Waals surface area contributed by atoms with Crippen LogP contribution in [-0.4, -0.2) is 29.2 Å². The van der Waals surface area contributed by atoms with Crippen LogP contribution in [0, 0.1) is 5.92 Å². The molecule has 0 aromatic carbocycles. The average molecular weight is 273 g/mol. The molecule has 1 atom stereocenters. The SMILES string of the molecule is CC(C)C1CCCN1c1nc(C(=O)CCl)cs1. The summed E-state index contributed by atoms with van der Waals surface area (Å²) in [4.78, 5) is 18.2. The van der Waals surface area contributed by atoms with Gasteiger partial charge in [-0.3, -0.25) is 4.79 Å². The molecule has 17 heavy (non-hydrogen) atoms. The molecule has 0 radical (unpaired) electrons. The lowest BCUT2D eigenvalue weighted by molar-refractivity contribution is 0.101. The van der Waals surface area contributed by atoms with Crippen molar-refractivity contribution in [3.8, 4) is 0 Å². The van der Waals surface area contributed by atoms with Crippen LogP contribution >= 0.6 is 22.9 Å². The quantitative estimate of drug-likeness (QED) is 0.623. The molecule has 5 heteroatoms. The largest absolute Gasteiger partial charge is 0.345 e. The van der Waals surface area contributed by atoms with Crippen molar-refractivity contribution < 1.29 is 4.79 Å². The van der Waals surface area contributed by atoms with E-state index in [9.17, 15) is 4.79 Å². The first-order valence-electron chi connectivity index (χ1n) is 5.94. The van der Waals surface area contributed by atoms with Gasteiger partial charge in [0.25, 0.3) is 0 Å². The molecule has 1 unspecified atom stereocenters. The lowest BCUT2D eigenvalue weighted by Gasteiger charge is -2.27. The van der Waals surface area contributed by atoms with Crippen LogP contribution < -0.4 is 4.90 Å². The Kier molecular flexibility index (Phi) is 4.05. The first kappa shape index (κ1) is 12.8. The molecule has 1 saturated heterocycles. The zero-order chi connectivity index (χ0) is 12.4. The lowest BCUT2D eigenvalue weighted by Crippen LogP contribution is -2.33. The Balaban J connectivity index is 2.17. The molecule has 2 heterocycles. The number of ketones is 1. The van der Waals surface area contributed by atoms with Crippen LogP contribution in [0.5, 0.6) is 0 Å². The number of carbonyl (C=O) groups is 1. The number of alkyl halides is 1. The third-order valence-electron chi connectivity index (χ3n) is 3.21. The maximum atomic E-state index is 11.5. The monoisotopic (exact) mass is 272 g/mol. The van der Waals surface area contributed by atoms with Gasteiger partial charge in [-0.1, -0.05) is 13.8 Å². The van der Waals surface area contributed by atoms with Gasteiger partial charge in [0.05, 0.1) is 5.88 Å². The Morgan fingerprint density at radius 1 is 1.71 bits per heavy atom. The number of hydrogen-bond acceptors (Lipinski definition) is 4. The number of rotatable bonds is 4. The molecule has 0 spiro atoms. The Labute approximate surface area is 111 Å². The van der Waals surface area contributed by atoms with Crippen LogP contribution in [0.15, 0.2) is 5.38 Å². The highest BCUT2D eigenvalue weighted by atomic mass is 35.5. The fraction of sp³-hybridized carbons (Fsp3) is 0.667. The Morgan fingerprint density at radius 3 is 3.12 bits per heavy atom. The lowest BCUT2D eigenvalue weighted by atomic mass is 10.0. The van der Waals surface area contributed by atoms with Gasteiger partial charge in [0.15, 0.2) is 10.9 Å². The van der Waals surface area contributed by atoms with E-state index in [0.29, 0.717) is 17.7 Å². The molecule has 0 N–H and O–H groups in total. The van der Waals surface area contributed by atoms with Gasteiger partial charge in [-0.25, -0.2) is 4.98 Å². The van der Waals surface area contributed by atoms with Gasteiger partial charge in [-0.2, -0.15) is 0 Å². The molecule has 0 aliphatic carbocycles. The van der Waals surface area contributed by atoms with Crippen molar-refractivity contribution in [2.24, 2.45) is 5.92 Å². The van der Waals surface area contributed by atoms with Gasteiger partial charge < -0.3 is 4.90 Å². The summed E-state index contributed by atoms with van der Waals surface area (Å²) in [7, 11) is 0. The normalized spacial score (nSPS) is 20.2. The third-order valence-corrected chi connectivity index (χ3v) is 4.33. The molecule has 1 aliphatic rings. The van der Waals surface area contributed by atoms with Gasteiger partial charge in [0.1, 0.15) is 5.69 Å². The van der Waals surface area contributed by atoms with E-state index in [4.69, 9.17) is 11.6 Å². The van der Waals surface area contributed by atoms with E-state index in [2.05, 4.69) is 23.7 Å². The van der Waals surface area contributed by atoms with Gasteiger partial charge in [-0.15, -0.1) is 22.9 Å². The Bertz CT molecular complexity index is 405. The summed E-state index contributed by atoms with van der Waals surface area (Å²) >= 11 is 7.08. The molecule has 1 aromatic heterocycles. The summed E-state index contributed by atoms with van der Waals surface area (Å²) in [6.07, 6.45) is 2.43. The van der Waals surface area contributed by atoms with Gasteiger partial charge >= 0.3 is 0 Å². The fourth-order valence-electron chi connectivity index (χ4n) is 2.32. The molecule has 0 amide bonds. The van der Waals surface area contributed by atoms with Crippen molar-refractivity contribution in [3.63, 3.8) is 0 Å². The fourth-order valence-corrected chi connectivity index (χ4v) is 3.37. The number of carbonyl (C=O) groups excluding carboxylic acids is 1. The molecule has 0 saturated carbocycles. The van der Waals surface area contributed by atoms with Crippen LogP contribution in [0.2, 0.25) is 0 Å². The standard InChI is InChI=1S/C12H17ClN2OS/c1-8(2)10-4-3-5-15(10)12-14-9(7-17-12)11(16)6-13/h7-8,10H,3-6H2,1-2H3. The molecule has 1 fully saturated rings. The summed E-state index contributed by atoms with van der Waals surface area (Å²) in [6, 6.07) is 0.556. The van der Waals surface area contributed by atoms with E-state index < -0.39 is 0 Å². The highest BCUT2D eigenvalue weighted by Crippen LogP contribution is 2.31. The van der Waals surface area contributed by atoms with E-state index in [1.165, 1.54) is 12.8 Å². The second-order valence-corrected chi connectivity index (χ2v) is 5.82. The number of halogens is 1. The van der Waals surface area contributed by atoms with Crippen LogP contribution in [0.25, 0.3) is 0 Å². The van der Waals surface area contributed by atoms with Crippen LogP contribution in [-0.2, 0) is 0 Å². The maximum Gasteiger partial charge on any atom is 0.196 e. The molecule has 2 rings (SSSR count). The van der Waals surface area contributed by atoms with Crippen molar-refractivity contribution in [2.75, 3.05) is 17.3 Å². The Morgan fingerprint density at radius 2 is 2.47 bits per heavy atom. The predicted octanol–water partition coefficient (Wildman–Crippen LogP) is 3.19. The van der Waals surface area contributed by atoms with E-state index in [0.717, 1.165) is 11.7 Å². The number of nitrogens with zero attached hydrogens (tertiary/aromatic N) is 2. The summed E-state index contributed by atoms with van der Waals surface area (Å²) in [5.41, 5.74) is 0.509. The van der Waals surface area contributed by atoms with Crippen molar-refractivity contribution in [2.45, 2.75) is 32.7 Å². The highest BCUT2D eigenvalue weighted by molar-refractivity contribution is 7.14. The van der Waals surface area contributed by atoms with Crippen LogP contribution in [0.3, 0.4) is 0 Å².